The molecule has 1 aliphatic heterocycles. The van der Waals surface area contributed by atoms with Crippen LogP contribution in [0.1, 0.15) is 32.3 Å². The molecular weight excluding hydrogens is 429 g/mol. The third-order valence-corrected chi connectivity index (χ3v) is 4.42. The smallest absolute Gasteiger partial charge is 0.193 e. The predicted molar refractivity (Wildman–Crippen MR) is 115 cm³/mol. The van der Waals surface area contributed by atoms with Gasteiger partial charge in [0.1, 0.15) is 11.5 Å². The Kier molecular flexibility index (Phi) is 10.0. The molecule has 1 aromatic rings. The van der Waals surface area contributed by atoms with Crippen molar-refractivity contribution in [2.24, 2.45) is 10.9 Å². The second-order valence-corrected chi connectivity index (χ2v) is 6.36. The molecule has 5 nitrogen and oxygen atoms in total. The van der Waals surface area contributed by atoms with Gasteiger partial charge in [-0.05, 0) is 55.9 Å². The molecule has 0 amide bonds. The summed E-state index contributed by atoms with van der Waals surface area (Å²) in [6.45, 7) is 8.25. The lowest BCUT2D eigenvalue weighted by Crippen LogP contribution is -2.46. The van der Waals surface area contributed by atoms with Gasteiger partial charge in [0.15, 0.2) is 5.96 Å². The molecule has 1 N–H and O–H groups in total. The average molecular weight is 461 g/mol. The normalized spacial score (nSPS) is 17.7. The highest BCUT2D eigenvalue weighted by atomic mass is 127. The Balaban J connectivity index is 0.00000312. The Morgan fingerprint density at radius 2 is 2.12 bits per heavy atom. The van der Waals surface area contributed by atoms with Gasteiger partial charge in [0, 0.05) is 26.2 Å². The molecule has 142 valence electrons. The van der Waals surface area contributed by atoms with Crippen molar-refractivity contribution in [3.05, 3.63) is 23.8 Å². The molecule has 0 aliphatic carbocycles. The minimum absolute atomic E-state index is 0. The van der Waals surface area contributed by atoms with Crippen molar-refractivity contribution in [3.63, 3.8) is 0 Å². The minimum Gasteiger partial charge on any atom is -0.497 e. The van der Waals surface area contributed by atoms with Crippen molar-refractivity contribution in [1.82, 2.24) is 10.2 Å². The number of hydrogen-bond donors (Lipinski definition) is 1. The van der Waals surface area contributed by atoms with Gasteiger partial charge < -0.3 is 19.7 Å². The highest BCUT2D eigenvalue weighted by Gasteiger charge is 2.19. The number of benzene rings is 1. The molecule has 0 bridgehead atoms. The lowest BCUT2D eigenvalue weighted by molar-refractivity contribution is 0.266. The minimum atomic E-state index is 0. The fraction of sp³-hybridized carbons (Fsp3) is 0.632. The summed E-state index contributed by atoms with van der Waals surface area (Å²) < 4.78 is 10.8. The van der Waals surface area contributed by atoms with Crippen molar-refractivity contribution in [2.45, 2.75) is 33.1 Å². The van der Waals surface area contributed by atoms with E-state index >= 15 is 0 Å². The number of nitrogens with zero attached hydrogens (tertiary/aromatic N) is 2. The third kappa shape index (κ3) is 6.56. The number of hydrogen-bond acceptors (Lipinski definition) is 3. The Morgan fingerprint density at radius 3 is 2.76 bits per heavy atom. The Hall–Kier alpha value is -1.18. The number of methoxy groups -OCH3 is 2. The van der Waals surface area contributed by atoms with Crippen molar-refractivity contribution < 1.29 is 9.47 Å². The van der Waals surface area contributed by atoms with Gasteiger partial charge in [0.05, 0.1) is 14.2 Å². The standard InChI is InChI=1S/C19H31N3O2.HI/c1-5-20-19(22-12-6-7-15(2)14-22)21-11-10-16-13-17(23-3)8-9-18(16)24-4;/h8-9,13,15H,5-7,10-12,14H2,1-4H3,(H,20,21);1H. The maximum absolute atomic E-state index is 5.45. The molecule has 1 fully saturated rings. The van der Waals surface area contributed by atoms with Gasteiger partial charge in [-0.25, -0.2) is 0 Å². The monoisotopic (exact) mass is 461 g/mol. The number of likely N-dealkylation sites (tertiary alicyclic amines) is 1. The Bertz CT molecular complexity index is 551. The molecule has 0 saturated carbocycles. The zero-order valence-corrected chi connectivity index (χ0v) is 18.2. The SMILES string of the molecule is CCNC(=NCCc1cc(OC)ccc1OC)N1CCCC(C)C1.I. The Morgan fingerprint density at radius 1 is 1.32 bits per heavy atom. The second kappa shape index (κ2) is 11.4. The van der Waals surface area contributed by atoms with Gasteiger partial charge in [-0.15, -0.1) is 24.0 Å². The first-order valence-corrected chi connectivity index (χ1v) is 8.92. The van der Waals surface area contributed by atoms with Crippen LogP contribution in [0, 0.1) is 5.92 Å². The summed E-state index contributed by atoms with van der Waals surface area (Å²) in [5.41, 5.74) is 1.13. The molecule has 1 aliphatic rings. The van der Waals surface area contributed by atoms with E-state index in [0.717, 1.165) is 61.5 Å². The number of nitrogens with one attached hydrogen (secondary N) is 1. The summed E-state index contributed by atoms with van der Waals surface area (Å²) >= 11 is 0. The molecule has 1 saturated heterocycles. The molecule has 0 radical (unpaired) electrons. The molecule has 6 heteroatoms. The lowest BCUT2D eigenvalue weighted by Gasteiger charge is -2.33. The van der Waals surface area contributed by atoms with Crippen LogP contribution in [0.15, 0.2) is 23.2 Å². The highest BCUT2D eigenvalue weighted by molar-refractivity contribution is 14.0. The third-order valence-electron chi connectivity index (χ3n) is 4.42. The highest BCUT2D eigenvalue weighted by Crippen LogP contribution is 2.24. The number of piperidine rings is 1. The summed E-state index contributed by atoms with van der Waals surface area (Å²) in [5, 5.41) is 3.43. The van der Waals surface area contributed by atoms with E-state index in [0.29, 0.717) is 0 Å². The summed E-state index contributed by atoms with van der Waals surface area (Å²) in [6.07, 6.45) is 3.39. The number of rotatable bonds is 6. The van der Waals surface area contributed by atoms with Crippen LogP contribution in [-0.2, 0) is 6.42 Å². The topological polar surface area (TPSA) is 46.1 Å². The van der Waals surface area contributed by atoms with E-state index in [9.17, 15) is 0 Å². The van der Waals surface area contributed by atoms with E-state index in [2.05, 4.69) is 24.1 Å². The molecular formula is C19H32IN3O2. The van der Waals surface area contributed by atoms with Gasteiger partial charge in [-0.1, -0.05) is 6.92 Å². The largest absolute Gasteiger partial charge is 0.497 e. The number of halogens is 1. The van der Waals surface area contributed by atoms with Gasteiger partial charge in [-0.3, -0.25) is 4.99 Å². The van der Waals surface area contributed by atoms with Crippen LogP contribution in [0.25, 0.3) is 0 Å². The number of aliphatic imine (C=N–C) groups is 1. The fourth-order valence-electron chi connectivity index (χ4n) is 3.17. The fourth-order valence-corrected chi connectivity index (χ4v) is 3.17. The summed E-state index contributed by atoms with van der Waals surface area (Å²) in [4.78, 5) is 7.22. The van der Waals surface area contributed by atoms with Crippen LogP contribution in [-0.4, -0.2) is 51.3 Å². The molecule has 0 spiro atoms. The van der Waals surface area contributed by atoms with Gasteiger partial charge in [0.25, 0.3) is 0 Å². The van der Waals surface area contributed by atoms with E-state index in [1.54, 1.807) is 14.2 Å². The van der Waals surface area contributed by atoms with Crippen LogP contribution in [0.5, 0.6) is 11.5 Å². The maximum Gasteiger partial charge on any atom is 0.193 e. The predicted octanol–water partition coefficient (Wildman–Crippen LogP) is 3.56. The molecule has 1 aromatic carbocycles. The quantitative estimate of drug-likeness (QED) is 0.400. The average Bonchev–Trinajstić information content (AvgIpc) is 2.60. The first-order chi connectivity index (χ1) is 11.7. The summed E-state index contributed by atoms with van der Waals surface area (Å²) in [5.74, 6) is 3.51. The van der Waals surface area contributed by atoms with Crippen molar-refractivity contribution in [1.29, 1.82) is 0 Å². The van der Waals surface area contributed by atoms with Crippen LogP contribution >= 0.6 is 24.0 Å². The molecule has 25 heavy (non-hydrogen) atoms. The van der Waals surface area contributed by atoms with E-state index in [-0.39, 0.29) is 24.0 Å². The van der Waals surface area contributed by atoms with Crippen molar-refractivity contribution >= 4 is 29.9 Å². The number of ether oxygens (including phenoxy) is 2. The van der Waals surface area contributed by atoms with E-state index in [1.165, 1.54) is 12.8 Å². The lowest BCUT2D eigenvalue weighted by atomic mass is 10.0. The van der Waals surface area contributed by atoms with Crippen LogP contribution in [0.4, 0.5) is 0 Å². The van der Waals surface area contributed by atoms with Crippen LogP contribution < -0.4 is 14.8 Å². The van der Waals surface area contributed by atoms with Crippen molar-refractivity contribution in [2.75, 3.05) is 40.4 Å². The van der Waals surface area contributed by atoms with E-state index < -0.39 is 0 Å². The zero-order chi connectivity index (χ0) is 17.4. The van der Waals surface area contributed by atoms with Crippen molar-refractivity contribution in [3.8, 4) is 11.5 Å². The van der Waals surface area contributed by atoms with E-state index in [4.69, 9.17) is 14.5 Å². The maximum atomic E-state index is 5.45. The van der Waals surface area contributed by atoms with Gasteiger partial charge in [-0.2, -0.15) is 0 Å². The zero-order valence-electron chi connectivity index (χ0n) is 15.9. The molecule has 1 atom stereocenters. The summed E-state index contributed by atoms with van der Waals surface area (Å²) in [6, 6.07) is 5.91. The van der Waals surface area contributed by atoms with Crippen LogP contribution in [0.2, 0.25) is 0 Å². The first-order valence-electron chi connectivity index (χ1n) is 8.92. The Labute approximate surface area is 169 Å². The molecule has 2 rings (SSSR count). The molecule has 0 aromatic heterocycles. The second-order valence-electron chi connectivity index (χ2n) is 6.36. The molecule has 1 heterocycles. The first kappa shape index (κ1) is 21.9. The molecule has 1 unspecified atom stereocenters. The van der Waals surface area contributed by atoms with E-state index in [1.807, 2.05) is 18.2 Å². The summed E-state index contributed by atoms with van der Waals surface area (Å²) in [7, 11) is 3.39. The van der Waals surface area contributed by atoms with Gasteiger partial charge in [0.2, 0.25) is 0 Å². The van der Waals surface area contributed by atoms with Gasteiger partial charge >= 0.3 is 0 Å². The van der Waals surface area contributed by atoms with Crippen LogP contribution in [0.3, 0.4) is 0 Å². The number of guanidine groups is 1.